The van der Waals surface area contributed by atoms with Crippen LogP contribution in [0.1, 0.15) is 29.3 Å². The summed E-state index contributed by atoms with van der Waals surface area (Å²) in [7, 11) is -3.47. The van der Waals surface area contributed by atoms with Crippen molar-refractivity contribution >= 4 is 33.0 Å². The average Bonchev–Trinajstić information content (AvgIpc) is 3.18. The Morgan fingerprint density at radius 3 is 2.38 bits per heavy atom. The first-order valence-corrected chi connectivity index (χ1v) is 9.48. The highest BCUT2D eigenvalue weighted by Crippen LogP contribution is 2.42. The molecule has 1 atom stereocenters. The zero-order valence-electron chi connectivity index (χ0n) is 11.5. The van der Waals surface area contributed by atoms with Crippen molar-refractivity contribution in [2.75, 3.05) is 0 Å². The highest BCUT2D eigenvalue weighted by molar-refractivity contribution is 7.91. The second-order valence-electron chi connectivity index (χ2n) is 5.35. The second kappa shape index (κ2) is 5.72. The molecule has 3 nitrogen and oxygen atoms in total. The summed E-state index contributed by atoms with van der Waals surface area (Å²) in [5.74, 6) is 0.377. The Kier molecular flexibility index (Phi) is 4.10. The van der Waals surface area contributed by atoms with E-state index in [0.29, 0.717) is 15.1 Å². The summed E-state index contributed by atoms with van der Waals surface area (Å²) in [6, 6.07) is 10.7. The SMILES string of the molecule is Cc1ccc(S(=O)(=O)NC(c2ccc(Cl)cc2)C2CC2)s1. The maximum absolute atomic E-state index is 12.5. The van der Waals surface area contributed by atoms with Gasteiger partial charge in [0.15, 0.2) is 0 Å². The van der Waals surface area contributed by atoms with E-state index in [-0.39, 0.29) is 6.04 Å². The van der Waals surface area contributed by atoms with Crippen molar-refractivity contribution in [3.8, 4) is 0 Å². The number of sulfonamides is 1. The summed E-state index contributed by atoms with van der Waals surface area (Å²) >= 11 is 7.20. The third-order valence-corrected chi connectivity index (χ3v) is 6.77. The van der Waals surface area contributed by atoms with E-state index in [4.69, 9.17) is 11.6 Å². The van der Waals surface area contributed by atoms with Crippen molar-refractivity contribution in [2.24, 2.45) is 5.92 Å². The number of hydrogen-bond acceptors (Lipinski definition) is 3. The van der Waals surface area contributed by atoms with Crippen LogP contribution in [-0.4, -0.2) is 8.42 Å². The molecule has 1 unspecified atom stereocenters. The third-order valence-electron chi connectivity index (χ3n) is 3.59. The van der Waals surface area contributed by atoms with Gasteiger partial charge in [0.1, 0.15) is 4.21 Å². The molecule has 21 heavy (non-hydrogen) atoms. The van der Waals surface area contributed by atoms with Gasteiger partial charge in [0.05, 0.1) is 0 Å². The Bertz CT molecular complexity index is 733. The summed E-state index contributed by atoms with van der Waals surface area (Å²) < 4.78 is 28.2. The molecule has 1 heterocycles. The van der Waals surface area contributed by atoms with Crippen LogP contribution in [0, 0.1) is 12.8 Å². The van der Waals surface area contributed by atoms with Crippen LogP contribution in [0.3, 0.4) is 0 Å². The van der Waals surface area contributed by atoms with E-state index in [0.717, 1.165) is 23.3 Å². The van der Waals surface area contributed by atoms with Crippen LogP contribution in [0.15, 0.2) is 40.6 Å². The normalized spacial score (nSPS) is 16.9. The molecule has 1 aromatic carbocycles. The molecule has 1 N–H and O–H groups in total. The summed E-state index contributed by atoms with van der Waals surface area (Å²) in [5, 5.41) is 0.657. The monoisotopic (exact) mass is 341 g/mol. The largest absolute Gasteiger partial charge is 0.250 e. The number of rotatable bonds is 5. The van der Waals surface area contributed by atoms with E-state index in [1.54, 1.807) is 18.2 Å². The summed E-state index contributed by atoms with van der Waals surface area (Å²) in [6.07, 6.45) is 2.11. The Morgan fingerprint density at radius 1 is 1.19 bits per heavy atom. The van der Waals surface area contributed by atoms with Crippen LogP contribution in [0.5, 0.6) is 0 Å². The maximum atomic E-state index is 12.5. The van der Waals surface area contributed by atoms with E-state index in [1.165, 1.54) is 11.3 Å². The van der Waals surface area contributed by atoms with E-state index < -0.39 is 10.0 Å². The maximum Gasteiger partial charge on any atom is 0.250 e. The summed E-state index contributed by atoms with van der Waals surface area (Å²) in [4.78, 5) is 0.991. The third kappa shape index (κ3) is 3.48. The van der Waals surface area contributed by atoms with Crippen molar-refractivity contribution in [1.29, 1.82) is 0 Å². The van der Waals surface area contributed by atoms with Crippen molar-refractivity contribution in [3.05, 3.63) is 51.9 Å². The van der Waals surface area contributed by atoms with Crippen LogP contribution in [0.4, 0.5) is 0 Å². The van der Waals surface area contributed by atoms with Gasteiger partial charge in [-0.2, -0.15) is 0 Å². The Morgan fingerprint density at radius 2 is 1.86 bits per heavy atom. The first-order chi connectivity index (χ1) is 9.95. The summed E-state index contributed by atoms with van der Waals surface area (Å²) in [6.45, 7) is 1.90. The van der Waals surface area contributed by atoms with Gasteiger partial charge in [0.2, 0.25) is 0 Å². The Hall–Kier alpha value is -0.880. The number of nitrogens with one attached hydrogen (secondary N) is 1. The predicted octanol–water partition coefficient (Wildman–Crippen LogP) is 4.14. The smallest absolute Gasteiger partial charge is 0.206 e. The molecular formula is C15H16ClNO2S2. The molecular weight excluding hydrogens is 326 g/mol. The van der Waals surface area contributed by atoms with Gasteiger partial charge < -0.3 is 0 Å². The standard InChI is InChI=1S/C15H16ClNO2S2/c1-10-2-9-14(20-10)21(18,19)17-15(11-3-4-11)12-5-7-13(16)8-6-12/h2,5-9,11,15,17H,3-4H2,1H3. The molecule has 0 aliphatic heterocycles. The van der Waals surface area contributed by atoms with E-state index in [2.05, 4.69) is 4.72 Å². The fraction of sp³-hybridized carbons (Fsp3) is 0.333. The predicted molar refractivity (Wildman–Crippen MR) is 86.3 cm³/mol. The molecule has 1 aliphatic carbocycles. The molecule has 1 fully saturated rings. The number of aryl methyl sites for hydroxylation is 1. The highest BCUT2D eigenvalue weighted by Gasteiger charge is 2.35. The van der Waals surface area contributed by atoms with Crippen LogP contribution in [-0.2, 0) is 10.0 Å². The number of thiophene rings is 1. The van der Waals surface area contributed by atoms with Crippen LogP contribution >= 0.6 is 22.9 Å². The molecule has 1 saturated carbocycles. The molecule has 0 amide bonds. The van der Waals surface area contributed by atoms with Gasteiger partial charge in [-0.05, 0) is 55.5 Å². The molecule has 0 bridgehead atoms. The van der Waals surface area contributed by atoms with E-state index in [1.807, 2.05) is 25.1 Å². The van der Waals surface area contributed by atoms with Gasteiger partial charge in [-0.15, -0.1) is 11.3 Å². The average molecular weight is 342 g/mol. The van der Waals surface area contributed by atoms with Gasteiger partial charge in [-0.1, -0.05) is 23.7 Å². The van der Waals surface area contributed by atoms with Gasteiger partial charge >= 0.3 is 0 Å². The lowest BCUT2D eigenvalue weighted by atomic mass is 10.0. The van der Waals surface area contributed by atoms with E-state index >= 15 is 0 Å². The van der Waals surface area contributed by atoms with Gasteiger partial charge in [-0.25, -0.2) is 13.1 Å². The zero-order chi connectivity index (χ0) is 15.0. The lowest BCUT2D eigenvalue weighted by Gasteiger charge is -2.18. The lowest BCUT2D eigenvalue weighted by molar-refractivity contribution is 0.530. The van der Waals surface area contributed by atoms with Crippen LogP contribution in [0.2, 0.25) is 5.02 Å². The highest BCUT2D eigenvalue weighted by atomic mass is 35.5. The lowest BCUT2D eigenvalue weighted by Crippen LogP contribution is -2.29. The molecule has 112 valence electrons. The molecule has 6 heteroatoms. The van der Waals surface area contributed by atoms with Gasteiger partial charge in [0, 0.05) is 15.9 Å². The van der Waals surface area contributed by atoms with E-state index in [9.17, 15) is 8.42 Å². The van der Waals surface area contributed by atoms with Gasteiger partial charge in [-0.3, -0.25) is 0 Å². The van der Waals surface area contributed by atoms with Crippen molar-refractivity contribution < 1.29 is 8.42 Å². The fourth-order valence-corrected chi connectivity index (χ4v) is 5.04. The van der Waals surface area contributed by atoms with Crippen LogP contribution < -0.4 is 4.72 Å². The zero-order valence-corrected chi connectivity index (χ0v) is 13.9. The minimum absolute atomic E-state index is 0.172. The van der Waals surface area contributed by atoms with Crippen molar-refractivity contribution in [1.82, 2.24) is 4.72 Å². The fourth-order valence-electron chi connectivity index (χ4n) is 2.32. The molecule has 0 saturated heterocycles. The first kappa shape index (κ1) is 15.0. The van der Waals surface area contributed by atoms with Crippen molar-refractivity contribution in [2.45, 2.75) is 30.0 Å². The number of benzene rings is 1. The van der Waals surface area contributed by atoms with Crippen LogP contribution in [0.25, 0.3) is 0 Å². The minimum Gasteiger partial charge on any atom is -0.206 e. The van der Waals surface area contributed by atoms with Crippen molar-refractivity contribution in [3.63, 3.8) is 0 Å². The molecule has 1 aliphatic rings. The Balaban J connectivity index is 1.87. The molecule has 2 aromatic rings. The first-order valence-electron chi connectivity index (χ1n) is 6.80. The minimum atomic E-state index is -3.47. The second-order valence-corrected chi connectivity index (χ2v) is 9.02. The molecule has 0 spiro atoms. The summed E-state index contributed by atoms with van der Waals surface area (Å²) in [5.41, 5.74) is 0.971. The molecule has 0 radical (unpaired) electrons. The number of hydrogen-bond donors (Lipinski definition) is 1. The topological polar surface area (TPSA) is 46.2 Å². The number of halogens is 1. The van der Waals surface area contributed by atoms with Gasteiger partial charge in [0.25, 0.3) is 10.0 Å². The quantitative estimate of drug-likeness (QED) is 0.888. The molecule has 1 aromatic heterocycles. The Labute approximate surface area is 134 Å². The molecule has 3 rings (SSSR count).